The van der Waals surface area contributed by atoms with Crippen LogP contribution in [0.1, 0.15) is 24.2 Å². The number of likely N-dealkylation sites (tertiary alicyclic amines) is 1. The number of aryl methyl sites for hydroxylation is 2. The molecule has 1 aromatic rings. The summed E-state index contributed by atoms with van der Waals surface area (Å²) in [6.45, 7) is 3.48. The van der Waals surface area contributed by atoms with E-state index in [1.807, 2.05) is 0 Å². The van der Waals surface area contributed by atoms with E-state index in [2.05, 4.69) is 5.10 Å². The van der Waals surface area contributed by atoms with Crippen molar-refractivity contribution in [2.75, 3.05) is 13.7 Å². The lowest BCUT2D eigenvalue weighted by Gasteiger charge is -2.21. The minimum absolute atomic E-state index is 0.0132. The van der Waals surface area contributed by atoms with Crippen LogP contribution in [0.5, 0.6) is 0 Å². The van der Waals surface area contributed by atoms with Crippen LogP contribution < -0.4 is 0 Å². The molecule has 2 heterocycles. The Labute approximate surface area is 138 Å². The molecule has 1 amide bonds. The van der Waals surface area contributed by atoms with Crippen molar-refractivity contribution in [1.82, 2.24) is 14.7 Å². The molecule has 10 heteroatoms. The van der Waals surface area contributed by atoms with Crippen molar-refractivity contribution >= 4 is 17.6 Å². The van der Waals surface area contributed by atoms with Gasteiger partial charge >= 0.3 is 11.7 Å². The molecular weight excluding hydrogens is 320 g/mol. The number of nitro groups is 1. The number of carbonyl (C=O) groups excluding carboxylic acids is 1. The molecule has 1 N–H and O–H groups in total. The highest BCUT2D eigenvalue weighted by Crippen LogP contribution is 2.24. The lowest BCUT2D eigenvalue weighted by Crippen LogP contribution is -2.41. The highest BCUT2D eigenvalue weighted by molar-refractivity contribution is 5.84. The van der Waals surface area contributed by atoms with Gasteiger partial charge in [-0.25, -0.2) is 4.79 Å². The standard InChI is InChI=1S/C14H20N4O6/c1-8-13(18(22)23)9(2)17(15-8)5-4-12(19)16-7-10(24-3)6-11(16)14(20)21/h10-11H,4-7H2,1-3H3,(H,20,21). The summed E-state index contributed by atoms with van der Waals surface area (Å²) in [5, 5.41) is 24.3. The maximum absolute atomic E-state index is 12.4. The van der Waals surface area contributed by atoms with Gasteiger partial charge in [0.15, 0.2) is 0 Å². The van der Waals surface area contributed by atoms with Crippen LogP contribution in [0.4, 0.5) is 5.69 Å². The summed E-state index contributed by atoms with van der Waals surface area (Å²) in [6.07, 6.45) is -0.0349. The Morgan fingerprint density at radius 3 is 2.62 bits per heavy atom. The predicted molar refractivity (Wildman–Crippen MR) is 81.5 cm³/mol. The van der Waals surface area contributed by atoms with Crippen LogP contribution in [0.15, 0.2) is 0 Å². The summed E-state index contributed by atoms with van der Waals surface area (Å²) >= 11 is 0. The molecule has 2 atom stereocenters. The molecule has 0 aliphatic carbocycles. The third-order valence-corrected chi connectivity index (χ3v) is 4.26. The zero-order valence-electron chi connectivity index (χ0n) is 13.8. The summed E-state index contributed by atoms with van der Waals surface area (Å²) in [5.41, 5.74) is 0.594. The number of nitrogens with zero attached hydrogens (tertiary/aromatic N) is 4. The Bertz CT molecular complexity index is 670. The van der Waals surface area contributed by atoms with Crippen LogP contribution >= 0.6 is 0 Å². The van der Waals surface area contributed by atoms with Gasteiger partial charge in [-0.15, -0.1) is 0 Å². The van der Waals surface area contributed by atoms with E-state index in [1.165, 1.54) is 23.6 Å². The summed E-state index contributed by atoms with van der Waals surface area (Å²) in [5.74, 6) is -1.40. The molecular formula is C14H20N4O6. The molecule has 0 spiro atoms. The molecule has 1 aliphatic heterocycles. The predicted octanol–water partition coefficient (Wildman–Crippen LogP) is 0.499. The third-order valence-electron chi connectivity index (χ3n) is 4.26. The van der Waals surface area contributed by atoms with Gasteiger partial charge in [-0.3, -0.25) is 19.6 Å². The zero-order valence-corrected chi connectivity index (χ0v) is 13.8. The molecule has 1 aliphatic rings. The van der Waals surface area contributed by atoms with E-state index in [-0.39, 0.29) is 49.3 Å². The summed E-state index contributed by atoms with van der Waals surface area (Å²) in [7, 11) is 1.48. The molecule has 1 fully saturated rings. The van der Waals surface area contributed by atoms with Gasteiger partial charge in [0.05, 0.1) is 17.6 Å². The average Bonchev–Trinajstić information content (AvgIpc) is 3.06. The Kier molecular flexibility index (Phi) is 5.17. The van der Waals surface area contributed by atoms with Gasteiger partial charge in [0.1, 0.15) is 17.4 Å². The van der Waals surface area contributed by atoms with E-state index in [9.17, 15) is 24.8 Å². The van der Waals surface area contributed by atoms with Crippen molar-refractivity contribution in [2.24, 2.45) is 0 Å². The van der Waals surface area contributed by atoms with Crippen molar-refractivity contribution in [3.8, 4) is 0 Å². The van der Waals surface area contributed by atoms with Gasteiger partial charge < -0.3 is 14.7 Å². The number of hydrogen-bond acceptors (Lipinski definition) is 6. The van der Waals surface area contributed by atoms with Gasteiger partial charge in [-0.2, -0.15) is 5.10 Å². The summed E-state index contributed by atoms with van der Waals surface area (Å²) in [4.78, 5) is 35.4. The van der Waals surface area contributed by atoms with Crippen molar-refractivity contribution in [2.45, 2.75) is 45.4 Å². The van der Waals surface area contributed by atoms with Gasteiger partial charge in [0.2, 0.25) is 5.91 Å². The van der Waals surface area contributed by atoms with Gasteiger partial charge in [0, 0.05) is 26.5 Å². The number of rotatable bonds is 6. The lowest BCUT2D eigenvalue weighted by molar-refractivity contribution is -0.386. The number of aromatic nitrogens is 2. The second-order valence-electron chi connectivity index (χ2n) is 5.74. The quantitative estimate of drug-likeness (QED) is 0.590. The van der Waals surface area contributed by atoms with Crippen LogP contribution in [0.25, 0.3) is 0 Å². The molecule has 1 saturated heterocycles. The van der Waals surface area contributed by atoms with Gasteiger partial charge in [-0.05, 0) is 13.8 Å². The Morgan fingerprint density at radius 2 is 2.12 bits per heavy atom. The van der Waals surface area contributed by atoms with E-state index >= 15 is 0 Å². The van der Waals surface area contributed by atoms with Crippen molar-refractivity contribution < 1.29 is 24.4 Å². The fraction of sp³-hybridized carbons (Fsp3) is 0.643. The van der Waals surface area contributed by atoms with Gasteiger partial charge in [-0.1, -0.05) is 0 Å². The van der Waals surface area contributed by atoms with Crippen molar-refractivity contribution in [3.63, 3.8) is 0 Å². The lowest BCUT2D eigenvalue weighted by atomic mass is 10.2. The summed E-state index contributed by atoms with van der Waals surface area (Å²) < 4.78 is 6.56. The molecule has 0 bridgehead atoms. The van der Waals surface area contributed by atoms with Crippen molar-refractivity contribution in [1.29, 1.82) is 0 Å². The largest absolute Gasteiger partial charge is 0.480 e. The first-order valence-electron chi connectivity index (χ1n) is 7.49. The number of ether oxygens (including phenoxy) is 1. The van der Waals surface area contributed by atoms with Crippen LogP contribution in [-0.2, 0) is 20.9 Å². The monoisotopic (exact) mass is 340 g/mol. The van der Waals surface area contributed by atoms with E-state index in [4.69, 9.17) is 4.74 Å². The fourth-order valence-corrected chi connectivity index (χ4v) is 2.99. The van der Waals surface area contributed by atoms with E-state index in [0.717, 1.165) is 0 Å². The topological polar surface area (TPSA) is 128 Å². The number of methoxy groups -OCH3 is 1. The second kappa shape index (κ2) is 6.95. The van der Waals surface area contributed by atoms with E-state index in [0.29, 0.717) is 5.69 Å². The van der Waals surface area contributed by atoms with E-state index < -0.39 is 16.9 Å². The molecule has 0 aromatic carbocycles. The first-order valence-corrected chi connectivity index (χ1v) is 7.49. The number of hydrogen-bond donors (Lipinski definition) is 1. The number of carbonyl (C=O) groups is 2. The zero-order chi connectivity index (χ0) is 18.0. The maximum atomic E-state index is 12.4. The second-order valence-corrected chi connectivity index (χ2v) is 5.74. The van der Waals surface area contributed by atoms with E-state index in [1.54, 1.807) is 6.92 Å². The Hall–Kier alpha value is -2.49. The number of aliphatic carboxylic acids is 1. The van der Waals surface area contributed by atoms with Crippen molar-refractivity contribution in [3.05, 3.63) is 21.5 Å². The SMILES string of the molecule is COC1CC(C(=O)O)N(C(=O)CCn2nc(C)c([N+](=O)[O-])c2C)C1. The molecule has 1 aromatic heterocycles. The molecule has 132 valence electrons. The number of amides is 1. The highest BCUT2D eigenvalue weighted by atomic mass is 16.6. The molecule has 24 heavy (non-hydrogen) atoms. The normalized spacial score (nSPS) is 20.4. The minimum atomic E-state index is -1.07. The minimum Gasteiger partial charge on any atom is -0.480 e. The highest BCUT2D eigenvalue weighted by Gasteiger charge is 2.39. The first kappa shape index (κ1) is 17.9. The average molecular weight is 340 g/mol. The molecule has 2 unspecified atom stereocenters. The smallest absolute Gasteiger partial charge is 0.326 e. The molecule has 0 radical (unpaired) electrons. The molecule has 10 nitrogen and oxygen atoms in total. The summed E-state index contributed by atoms with van der Waals surface area (Å²) in [6, 6.07) is -0.905. The Morgan fingerprint density at radius 1 is 1.46 bits per heavy atom. The first-order chi connectivity index (χ1) is 11.3. The fourth-order valence-electron chi connectivity index (χ4n) is 2.99. The van der Waals surface area contributed by atoms with Crippen LogP contribution in [0, 0.1) is 24.0 Å². The third kappa shape index (κ3) is 3.37. The van der Waals surface area contributed by atoms with Crippen LogP contribution in [0.2, 0.25) is 0 Å². The van der Waals surface area contributed by atoms with Gasteiger partial charge in [0.25, 0.3) is 0 Å². The maximum Gasteiger partial charge on any atom is 0.326 e. The number of carboxylic acids is 1. The molecule has 0 saturated carbocycles. The Balaban J connectivity index is 2.07. The van der Waals surface area contributed by atoms with Crippen LogP contribution in [-0.4, -0.2) is 62.4 Å². The van der Waals surface area contributed by atoms with Crippen LogP contribution in [0.3, 0.4) is 0 Å². The number of carboxylic acid groups (broad SMARTS) is 1. The molecule has 2 rings (SSSR count).